The van der Waals surface area contributed by atoms with Gasteiger partial charge in [0, 0.05) is 17.5 Å². The van der Waals surface area contributed by atoms with Crippen LogP contribution in [0.4, 0.5) is 5.13 Å². The number of para-hydroxylation sites is 1. The molecule has 1 aliphatic heterocycles. The lowest BCUT2D eigenvalue weighted by atomic mass is 10.1. The highest BCUT2D eigenvalue weighted by atomic mass is 32.1. The Morgan fingerprint density at radius 3 is 2.73 bits per heavy atom. The molecule has 2 amide bonds. The Balaban J connectivity index is 1.48. The lowest BCUT2D eigenvalue weighted by Gasteiger charge is -2.23. The van der Waals surface area contributed by atoms with E-state index < -0.39 is 6.04 Å². The molecule has 1 aliphatic rings. The predicted molar refractivity (Wildman–Crippen MR) is 118 cm³/mol. The normalized spacial score (nSPS) is 15.9. The van der Waals surface area contributed by atoms with Crippen molar-refractivity contribution in [2.24, 2.45) is 0 Å². The van der Waals surface area contributed by atoms with Gasteiger partial charge in [-0.05, 0) is 56.0 Å². The molecule has 1 unspecified atom stereocenters. The Labute approximate surface area is 179 Å². The van der Waals surface area contributed by atoms with Crippen molar-refractivity contribution in [3.8, 4) is 17.0 Å². The van der Waals surface area contributed by atoms with Gasteiger partial charge in [-0.25, -0.2) is 4.98 Å². The van der Waals surface area contributed by atoms with Crippen molar-refractivity contribution in [1.82, 2.24) is 9.88 Å². The number of phenols is 1. The Kier molecular flexibility index (Phi) is 5.55. The molecule has 1 aromatic heterocycles. The molecule has 154 valence electrons. The van der Waals surface area contributed by atoms with E-state index in [0.29, 0.717) is 18.1 Å². The monoisotopic (exact) mass is 421 g/mol. The number of anilines is 1. The largest absolute Gasteiger partial charge is 0.507 e. The van der Waals surface area contributed by atoms with Gasteiger partial charge in [-0.2, -0.15) is 0 Å². The van der Waals surface area contributed by atoms with Gasteiger partial charge < -0.3 is 15.3 Å². The van der Waals surface area contributed by atoms with E-state index in [2.05, 4.69) is 36.3 Å². The molecule has 0 bridgehead atoms. The summed E-state index contributed by atoms with van der Waals surface area (Å²) < 4.78 is 0. The molecule has 0 saturated carbocycles. The van der Waals surface area contributed by atoms with Gasteiger partial charge in [0.1, 0.15) is 11.8 Å². The summed E-state index contributed by atoms with van der Waals surface area (Å²) in [5.41, 5.74) is 4.44. The van der Waals surface area contributed by atoms with Crippen molar-refractivity contribution in [2.75, 3.05) is 11.9 Å². The molecule has 7 heteroatoms. The van der Waals surface area contributed by atoms with E-state index in [1.807, 2.05) is 11.4 Å². The van der Waals surface area contributed by atoms with E-state index in [0.717, 1.165) is 17.7 Å². The number of rotatable bonds is 4. The number of benzene rings is 2. The maximum atomic E-state index is 12.9. The number of aryl methyl sites for hydroxylation is 2. The average Bonchev–Trinajstić information content (AvgIpc) is 3.40. The van der Waals surface area contributed by atoms with Crippen molar-refractivity contribution in [1.29, 1.82) is 0 Å². The topological polar surface area (TPSA) is 82.5 Å². The minimum absolute atomic E-state index is 0.0773. The molecule has 3 aromatic rings. The lowest BCUT2D eigenvalue weighted by molar-refractivity contribution is -0.119. The molecule has 0 aliphatic carbocycles. The van der Waals surface area contributed by atoms with E-state index in [-0.39, 0.29) is 23.1 Å². The van der Waals surface area contributed by atoms with Crippen LogP contribution >= 0.6 is 11.3 Å². The SMILES string of the molecule is Cc1ccc(-c2csc(NC(=O)C3CCCN3C(=O)c3ccccc3O)n2)cc1C. The maximum Gasteiger partial charge on any atom is 0.258 e. The van der Waals surface area contributed by atoms with Gasteiger partial charge in [-0.3, -0.25) is 9.59 Å². The molecule has 1 fully saturated rings. The van der Waals surface area contributed by atoms with Gasteiger partial charge in [0.2, 0.25) is 5.91 Å². The fourth-order valence-electron chi connectivity index (χ4n) is 3.64. The van der Waals surface area contributed by atoms with Gasteiger partial charge in [-0.15, -0.1) is 11.3 Å². The number of carbonyl (C=O) groups is 2. The fraction of sp³-hybridized carbons (Fsp3) is 0.261. The smallest absolute Gasteiger partial charge is 0.258 e. The van der Waals surface area contributed by atoms with Gasteiger partial charge in [0.05, 0.1) is 11.3 Å². The second-order valence-electron chi connectivity index (χ2n) is 7.50. The summed E-state index contributed by atoms with van der Waals surface area (Å²) in [6, 6.07) is 12.0. The molecule has 0 radical (unpaired) electrons. The Bertz CT molecular complexity index is 1110. The highest BCUT2D eigenvalue weighted by Gasteiger charge is 2.35. The van der Waals surface area contributed by atoms with Crippen LogP contribution in [0.2, 0.25) is 0 Å². The summed E-state index contributed by atoms with van der Waals surface area (Å²) in [5, 5.41) is 15.3. The third-order valence-corrected chi connectivity index (χ3v) is 6.25. The van der Waals surface area contributed by atoms with Crippen LogP contribution in [0, 0.1) is 13.8 Å². The number of hydrogen-bond acceptors (Lipinski definition) is 5. The number of phenolic OH excluding ortho intramolecular Hbond substituents is 1. The fourth-order valence-corrected chi connectivity index (χ4v) is 4.37. The number of nitrogens with zero attached hydrogens (tertiary/aromatic N) is 2. The molecule has 2 N–H and O–H groups in total. The summed E-state index contributed by atoms with van der Waals surface area (Å²) >= 11 is 1.36. The molecule has 6 nitrogen and oxygen atoms in total. The van der Waals surface area contributed by atoms with Crippen LogP contribution in [0.5, 0.6) is 5.75 Å². The number of amides is 2. The molecular formula is C23H23N3O3S. The lowest BCUT2D eigenvalue weighted by Crippen LogP contribution is -2.43. The first kappa shape index (κ1) is 20.1. The van der Waals surface area contributed by atoms with E-state index in [4.69, 9.17) is 0 Å². The molecule has 30 heavy (non-hydrogen) atoms. The predicted octanol–water partition coefficient (Wildman–Crippen LogP) is 4.38. The van der Waals surface area contributed by atoms with E-state index in [9.17, 15) is 14.7 Å². The number of likely N-dealkylation sites (tertiary alicyclic amines) is 1. The average molecular weight is 422 g/mol. The van der Waals surface area contributed by atoms with Crippen molar-refractivity contribution in [3.63, 3.8) is 0 Å². The van der Waals surface area contributed by atoms with Crippen LogP contribution in [0.3, 0.4) is 0 Å². The minimum Gasteiger partial charge on any atom is -0.507 e. The second-order valence-corrected chi connectivity index (χ2v) is 8.36. The number of aromatic hydroxyl groups is 1. The van der Waals surface area contributed by atoms with Crippen LogP contribution in [0.1, 0.15) is 34.3 Å². The number of carbonyl (C=O) groups excluding carboxylic acids is 2. The van der Waals surface area contributed by atoms with Gasteiger partial charge in [0.15, 0.2) is 5.13 Å². The molecule has 1 atom stereocenters. The van der Waals surface area contributed by atoms with Crippen LogP contribution in [-0.2, 0) is 4.79 Å². The number of thiazole rings is 1. The number of nitrogens with one attached hydrogen (secondary N) is 1. The Hall–Kier alpha value is -3.19. The third kappa shape index (κ3) is 3.93. The first-order chi connectivity index (χ1) is 14.4. The summed E-state index contributed by atoms with van der Waals surface area (Å²) in [6.45, 7) is 4.61. The zero-order chi connectivity index (χ0) is 21.3. The first-order valence-electron chi connectivity index (χ1n) is 9.87. The zero-order valence-electron chi connectivity index (χ0n) is 16.9. The Morgan fingerprint density at radius 1 is 1.17 bits per heavy atom. The van der Waals surface area contributed by atoms with Crippen molar-refractivity contribution < 1.29 is 14.7 Å². The number of hydrogen-bond donors (Lipinski definition) is 2. The molecular weight excluding hydrogens is 398 g/mol. The van der Waals surface area contributed by atoms with E-state index in [1.54, 1.807) is 18.2 Å². The first-order valence-corrected chi connectivity index (χ1v) is 10.7. The summed E-state index contributed by atoms with van der Waals surface area (Å²) in [6.07, 6.45) is 1.32. The summed E-state index contributed by atoms with van der Waals surface area (Å²) in [4.78, 5) is 31.8. The zero-order valence-corrected chi connectivity index (χ0v) is 17.7. The second kappa shape index (κ2) is 8.28. The maximum absolute atomic E-state index is 12.9. The Morgan fingerprint density at radius 2 is 1.97 bits per heavy atom. The van der Waals surface area contributed by atoms with Gasteiger partial charge in [0.25, 0.3) is 5.91 Å². The molecule has 4 rings (SSSR count). The van der Waals surface area contributed by atoms with Gasteiger partial charge in [-0.1, -0.05) is 24.3 Å². The van der Waals surface area contributed by atoms with Crippen LogP contribution < -0.4 is 5.32 Å². The highest BCUT2D eigenvalue weighted by molar-refractivity contribution is 7.14. The summed E-state index contributed by atoms with van der Waals surface area (Å²) in [7, 11) is 0. The van der Waals surface area contributed by atoms with E-state index >= 15 is 0 Å². The molecule has 2 aromatic carbocycles. The van der Waals surface area contributed by atoms with Gasteiger partial charge >= 0.3 is 0 Å². The highest BCUT2D eigenvalue weighted by Crippen LogP contribution is 2.28. The third-order valence-electron chi connectivity index (χ3n) is 5.49. The summed E-state index contributed by atoms with van der Waals surface area (Å²) in [5.74, 6) is -0.663. The van der Waals surface area contributed by atoms with Crippen LogP contribution in [-0.4, -0.2) is 39.4 Å². The number of aromatic nitrogens is 1. The van der Waals surface area contributed by atoms with E-state index in [1.165, 1.54) is 33.4 Å². The molecule has 2 heterocycles. The standard InChI is InChI=1S/C23H23N3O3S/c1-14-9-10-16(12-15(14)2)18-13-30-23(24-18)25-21(28)19-7-5-11-26(19)22(29)17-6-3-4-8-20(17)27/h3-4,6,8-10,12-13,19,27H,5,7,11H2,1-2H3,(H,24,25,28). The van der Waals surface area contributed by atoms with Crippen molar-refractivity contribution in [2.45, 2.75) is 32.7 Å². The van der Waals surface area contributed by atoms with Crippen LogP contribution in [0.25, 0.3) is 11.3 Å². The van der Waals surface area contributed by atoms with Crippen molar-refractivity contribution in [3.05, 3.63) is 64.5 Å². The molecule has 0 spiro atoms. The quantitative estimate of drug-likeness (QED) is 0.655. The molecule has 1 saturated heterocycles. The van der Waals surface area contributed by atoms with Crippen LogP contribution in [0.15, 0.2) is 47.8 Å². The minimum atomic E-state index is -0.578. The van der Waals surface area contributed by atoms with Crippen molar-refractivity contribution >= 4 is 28.3 Å².